The fourth-order valence-corrected chi connectivity index (χ4v) is 2.53. The molecule has 22 heavy (non-hydrogen) atoms. The molecular weight excluding hydrogens is 276 g/mol. The summed E-state index contributed by atoms with van der Waals surface area (Å²) in [5.74, 6) is 0.584. The van der Waals surface area contributed by atoms with E-state index >= 15 is 0 Å². The Hall–Kier alpha value is -1.91. The third-order valence-corrected chi connectivity index (χ3v) is 3.85. The highest BCUT2D eigenvalue weighted by Crippen LogP contribution is 2.19. The number of nitrogens with one attached hydrogen (secondary N) is 2. The summed E-state index contributed by atoms with van der Waals surface area (Å²) in [5.41, 5.74) is 1.89. The molecule has 0 saturated heterocycles. The second-order valence-electron chi connectivity index (χ2n) is 5.68. The number of nitrogens with zero attached hydrogens (tertiary/aromatic N) is 2. The highest BCUT2D eigenvalue weighted by molar-refractivity contribution is 5.92. The van der Waals surface area contributed by atoms with E-state index in [-0.39, 0.29) is 5.91 Å². The van der Waals surface area contributed by atoms with E-state index in [0.29, 0.717) is 18.1 Å². The highest BCUT2D eigenvalue weighted by Gasteiger charge is 2.09. The summed E-state index contributed by atoms with van der Waals surface area (Å²) in [5, 5.41) is 6.15. The monoisotopic (exact) mass is 302 g/mol. The number of carbonyl (C=O) groups excluding carboxylic acids is 1. The standard InChI is InChI=1S/C17H26N4O/c1-2-3-10-18-16-12-15(20-13-21-16)17(22)19-11-9-14-7-5-4-6-8-14/h7,12-13H,2-6,8-11H2,1H3,(H,19,22)(H,18,20,21). The lowest BCUT2D eigenvalue weighted by atomic mass is 9.97. The van der Waals surface area contributed by atoms with Gasteiger partial charge >= 0.3 is 0 Å². The van der Waals surface area contributed by atoms with Crippen molar-refractivity contribution in [3.8, 4) is 0 Å². The molecule has 1 aromatic heterocycles. The predicted molar refractivity (Wildman–Crippen MR) is 88.9 cm³/mol. The Balaban J connectivity index is 1.78. The van der Waals surface area contributed by atoms with Crippen molar-refractivity contribution in [2.45, 2.75) is 51.9 Å². The number of anilines is 1. The van der Waals surface area contributed by atoms with E-state index in [9.17, 15) is 4.79 Å². The minimum absolute atomic E-state index is 0.127. The van der Waals surface area contributed by atoms with Gasteiger partial charge in [-0.1, -0.05) is 25.0 Å². The minimum atomic E-state index is -0.127. The van der Waals surface area contributed by atoms with Crippen LogP contribution >= 0.6 is 0 Å². The largest absolute Gasteiger partial charge is 0.370 e. The highest BCUT2D eigenvalue weighted by atomic mass is 16.1. The molecule has 2 rings (SSSR count). The van der Waals surface area contributed by atoms with E-state index in [2.05, 4.69) is 33.6 Å². The SMILES string of the molecule is CCCCNc1cc(C(=O)NCCC2=CCCCC2)ncn1. The van der Waals surface area contributed by atoms with Crippen LogP contribution in [0.4, 0.5) is 5.82 Å². The molecule has 0 unspecified atom stereocenters. The zero-order valence-electron chi connectivity index (χ0n) is 13.4. The fraction of sp³-hybridized carbons (Fsp3) is 0.588. The first-order chi connectivity index (χ1) is 10.8. The number of hydrogen-bond donors (Lipinski definition) is 2. The van der Waals surface area contributed by atoms with Crippen LogP contribution in [0, 0.1) is 0 Å². The molecule has 0 atom stereocenters. The molecule has 5 heteroatoms. The zero-order chi connectivity index (χ0) is 15.6. The Morgan fingerprint density at radius 1 is 1.27 bits per heavy atom. The molecule has 2 N–H and O–H groups in total. The van der Waals surface area contributed by atoms with Crippen LogP contribution in [0.15, 0.2) is 24.0 Å². The van der Waals surface area contributed by atoms with Gasteiger partial charge in [-0.3, -0.25) is 4.79 Å². The van der Waals surface area contributed by atoms with Crippen molar-refractivity contribution in [3.63, 3.8) is 0 Å². The van der Waals surface area contributed by atoms with Gasteiger partial charge < -0.3 is 10.6 Å². The molecule has 120 valence electrons. The Bertz CT molecular complexity index is 513. The maximum absolute atomic E-state index is 12.1. The Kier molecular flexibility index (Phi) is 6.87. The number of amides is 1. The molecule has 0 fully saturated rings. The van der Waals surface area contributed by atoms with Crippen LogP contribution in [0.1, 0.15) is 62.4 Å². The lowest BCUT2D eigenvalue weighted by molar-refractivity contribution is 0.0949. The molecule has 1 aliphatic carbocycles. The number of unbranched alkanes of at least 4 members (excludes halogenated alkanes) is 1. The summed E-state index contributed by atoms with van der Waals surface area (Å²) in [4.78, 5) is 20.3. The number of hydrogen-bond acceptors (Lipinski definition) is 4. The van der Waals surface area contributed by atoms with Crippen LogP contribution in [-0.4, -0.2) is 29.0 Å². The van der Waals surface area contributed by atoms with Crippen molar-refractivity contribution in [1.82, 2.24) is 15.3 Å². The summed E-state index contributed by atoms with van der Waals surface area (Å²) < 4.78 is 0. The van der Waals surface area contributed by atoms with Crippen LogP contribution in [0.2, 0.25) is 0 Å². The molecular formula is C17H26N4O. The van der Waals surface area contributed by atoms with Gasteiger partial charge in [0.05, 0.1) is 0 Å². The summed E-state index contributed by atoms with van der Waals surface area (Å²) in [6.45, 7) is 3.68. The van der Waals surface area contributed by atoms with Gasteiger partial charge in [0.2, 0.25) is 0 Å². The van der Waals surface area contributed by atoms with Crippen molar-refractivity contribution in [2.75, 3.05) is 18.4 Å². The van der Waals surface area contributed by atoms with Gasteiger partial charge in [0.15, 0.2) is 0 Å². The zero-order valence-corrected chi connectivity index (χ0v) is 13.4. The van der Waals surface area contributed by atoms with Crippen molar-refractivity contribution in [1.29, 1.82) is 0 Å². The summed E-state index contributed by atoms with van der Waals surface area (Å²) >= 11 is 0. The first kappa shape index (κ1) is 16.5. The van der Waals surface area contributed by atoms with E-state index in [1.54, 1.807) is 6.07 Å². The van der Waals surface area contributed by atoms with Crippen LogP contribution in [0.25, 0.3) is 0 Å². The minimum Gasteiger partial charge on any atom is -0.370 e. The molecule has 0 saturated carbocycles. The topological polar surface area (TPSA) is 66.9 Å². The molecule has 0 bridgehead atoms. The molecule has 1 aliphatic rings. The Labute approximate surface area is 132 Å². The van der Waals surface area contributed by atoms with Gasteiger partial charge in [-0.2, -0.15) is 0 Å². The maximum atomic E-state index is 12.1. The first-order valence-corrected chi connectivity index (χ1v) is 8.31. The third kappa shape index (κ3) is 5.47. The third-order valence-electron chi connectivity index (χ3n) is 3.85. The van der Waals surface area contributed by atoms with Gasteiger partial charge in [0.25, 0.3) is 5.91 Å². The van der Waals surface area contributed by atoms with Crippen LogP contribution in [-0.2, 0) is 0 Å². The average Bonchev–Trinajstić information content (AvgIpc) is 2.56. The van der Waals surface area contributed by atoms with Gasteiger partial charge in [-0.15, -0.1) is 0 Å². The van der Waals surface area contributed by atoms with Crippen molar-refractivity contribution >= 4 is 11.7 Å². The van der Waals surface area contributed by atoms with Gasteiger partial charge in [0, 0.05) is 19.2 Å². The maximum Gasteiger partial charge on any atom is 0.270 e. The summed E-state index contributed by atoms with van der Waals surface area (Å²) in [6.07, 6.45) is 11.8. The quantitative estimate of drug-likeness (QED) is 0.571. The van der Waals surface area contributed by atoms with Gasteiger partial charge in [0.1, 0.15) is 17.8 Å². The molecule has 5 nitrogen and oxygen atoms in total. The van der Waals surface area contributed by atoms with Gasteiger partial charge in [-0.05, 0) is 38.5 Å². The Morgan fingerprint density at radius 2 is 2.18 bits per heavy atom. The fourth-order valence-electron chi connectivity index (χ4n) is 2.53. The normalized spacial score (nSPS) is 14.3. The van der Waals surface area contributed by atoms with E-state index in [4.69, 9.17) is 0 Å². The predicted octanol–water partition coefficient (Wildman–Crippen LogP) is 3.31. The molecule has 1 heterocycles. The number of allylic oxidation sites excluding steroid dienone is 1. The molecule has 0 spiro atoms. The average molecular weight is 302 g/mol. The second kappa shape index (κ2) is 9.18. The molecule has 0 aliphatic heterocycles. The summed E-state index contributed by atoms with van der Waals surface area (Å²) in [6, 6.07) is 1.71. The lowest BCUT2D eigenvalue weighted by Crippen LogP contribution is -2.26. The van der Waals surface area contributed by atoms with Crippen LogP contribution in [0.5, 0.6) is 0 Å². The van der Waals surface area contributed by atoms with Crippen LogP contribution < -0.4 is 10.6 Å². The first-order valence-electron chi connectivity index (χ1n) is 8.31. The number of rotatable bonds is 8. The summed E-state index contributed by atoms with van der Waals surface area (Å²) in [7, 11) is 0. The van der Waals surface area contributed by atoms with Crippen LogP contribution in [0.3, 0.4) is 0 Å². The molecule has 0 radical (unpaired) electrons. The van der Waals surface area contributed by atoms with E-state index < -0.39 is 0 Å². The smallest absolute Gasteiger partial charge is 0.270 e. The van der Waals surface area contributed by atoms with Crippen molar-refractivity contribution in [2.24, 2.45) is 0 Å². The van der Waals surface area contributed by atoms with E-state index in [0.717, 1.165) is 25.8 Å². The molecule has 1 amide bonds. The molecule has 1 aromatic rings. The van der Waals surface area contributed by atoms with E-state index in [1.807, 2.05) is 0 Å². The number of aromatic nitrogens is 2. The van der Waals surface area contributed by atoms with Gasteiger partial charge in [-0.25, -0.2) is 9.97 Å². The van der Waals surface area contributed by atoms with Crippen molar-refractivity contribution < 1.29 is 4.79 Å². The lowest BCUT2D eigenvalue weighted by Gasteiger charge is -2.13. The van der Waals surface area contributed by atoms with E-state index in [1.165, 1.54) is 37.6 Å². The second-order valence-corrected chi connectivity index (χ2v) is 5.68. The number of carbonyl (C=O) groups is 1. The Morgan fingerprint density at radius 3 is 2.95 bits per heavy atom. The van der Waals surface area contributed by atoms with Crippen molar-refractivity contribution in [3.05, 3.63) is 29.7 Å². The molecule has 0 aromatic carbocycles.